The van der Waals surface area contributed by atoms with E-state index in [2.05, 4.69) is 5.32 Å². The first kappa shape index (κ1) is 16.2. The smallest absolute Gasteiger partial charge is 0.308 e. The van der Waals surface area contributed by atoms with Gasteiger partial charge in [0.05, 0.1) is 10.8 Å². The maximum Gasteiger partial charge on any atom is 0.308 e. The summed E-state index contributed by atoms with van der Waals surface area (Å²) in [6.45, 7) is 3.65. The van der Waals surface area contributed by atoms with Gasteiger partial charge in [-0.05, 0) is 11.4 Å². The average Bonchev–Trinajstić information content (AvgIpc) is 2.89. The molecule has 1 unspecified atom stereocenters. The van der Waals surface area contributed by atoms with Crippen molar-refractivity contribution in [2.24, 2.45) is 5.92 Å². The van der Waals surface area contributed by atoms with E-state index in [4.69, 9.17) is 5.11 Å². The molecule has 20 heavy (non-hydrogen) atoms. The highest BCUT2D eigenvalue weighted by molar-refractivity contribution is 7.12. The molecule has 0 fully saturated rings. The number of aliphatic carboxylic acids is 1. The maximum absolute atomic E-state index is 12.3. The number of amides is 2. The van der Waals surface area contributed by atoms with Crippen LogP contribution in [0.25, 0.3) is 0 Å². The predicted octanol–water partition coefficient (Wildman–Crippen LogP) is 1.05. The van der Waals surface area contributed by atoms with Crippen LogP contribution in [0.3, 0.4) is 0 Å². The zero-order chi connectivity index (χ0) is 15.1. The Morgan fingerprint density at radius 3 is 2.65 bits per heavy atom. The molecule has 0 aliphatic carbocycles. The van der Waals surface area contributed by atoms with Gasteiger partial charge in [-0.25, -0.2) is 0 Å². The van der Waals surface area contributed by atoms with E-state index >= 15 is 0 Å². The fourth-order valence-electron chi connectivity index (χ4n) is 1.61. The van der Waals surface area contributed by atoms with E-state index in [0.29, 0.717) is 11.4 Å². The molecule has 1 atom stereocenters. The Kier molecular flexibility index (Phi) is 6.17. The summed E-state index contributed by atoms with van der Waals surface area (Å²) < 4.78 is 0. The number of carboxylic acid groups (broad SMARTS) is 1. The molecule has 0 aliphatic rings. The van der Waals surface area contributed by atoms with Gasteiger partial charge in [0.25, 0.3) is 5.91 Å². The molecular formula is C13H18N2O4S. The van der Waals surface area contributed by atoms with Crippen molar-refractivity contribution in [1.29, 1.82) is 0 Å². The van der Waals surface area contributed by atoms with Crippen LogP contribution in [0.4, 0.5) is 0 Å². The Hall–Kier alpha value is -1.89. The number of carboxylic acids is 1. The minimum atomic E-state index is -0.950. The molecule has 2 amide bonds. The molecule has 0 spiro atoms. The van der Waals surface area contributed by atoms with Crippen molar-refractivity contribution in [3.05, 3.63) is 22.4 Å². The molecule has 0 aliphatic heterocycles. The summed E-state index contributed by atoms with van der Waals surface area (Å²) in [5.74, 6) is -2.00. The molecule has 6 nitrogen and oxygen atoms in total. The second-order valence-corrected chi connectivity index (χ2v) is 5.40. The topological polar surface area (TPSA) is 86.7 Å². The van der Waals surface area contributed by atoms with Gasteiger partial charge in [-0.15, -0.1) is 11.3 Å². The van der Waals surface area contributed by atoms with E-state index in [1.54, 1.807) is 24.4 Å². The first-order chi connectivity index (χ1) is 9.41. The molecule has 0 radical (unpaired) electrons. The van der Waals surface area contributed by atoms with Crippen molar-refractivity contribution in [2.75, 3.05) is 19.6 Å². The minimum Gasteiger partial charge on any atom is -0.481 e. The van der Waals surface area contributed by atoms with Gasteiger partial charge in [-0.2, -0.15) is 0 Å². The van der Waals surface area contributed by atoms with Gasteiger partial charge >= 0.3 is 5.97 Å². The molecule has 1 aromatic rings. The van der Waals surface area contributed by atoms with Crippen LogP contribution in [0, 0.1) is 5.92 Å². The van der Waals surface area contributed by atoms with Gasteiger partial charge < -0.3 is 15.3 Å². The van der Waals surface area contributed by atoms with Crippen LogP contribution in [0.15, 0.2) is 17.5 Å². The number of carbonyl (C=O) groups excluding carboxylic acids is 2. The SMILES string of the molecule is CC(=O)NCCN(CC(C)C(=O)O)C(=O)c1cccs1. The van der Waals surface area contributed by atoms with Gasteiger partial charge in [0.2, 0.25) is 5.91 Å². The molecule has 1 rings (SSSR count). The lowest BCUT2D eigenvalue weighted by molar-refractivity contribution is -0.141. The Balaban J connectivity index is 2.70. The number of hydrogen-bond acceptors (Lipinski definition) is 4. The quantitative estimate of drug-likeness (QED) is 0.787. The van der Waals surface area contributed by atoms with Crippen molar-refractivity contribution in [3.8, 4) is 0 Å². The summed E-state index contributed by atoms with van der Waals surface area (Å²) in [7, 11) is 0. The summed E-state index contributed by atoms with van der Waals surface area (Å²) in [4.78, 5) is 36.1. The van der Waals surface area contributed by atoms with E-state index in [1.807, 2.05) is 0 Å². The largest absolute Gasteiger partial charge is 0.481 e. The fourth-order valence-corrected chi connectivity index (χ4v) is 2.30. The van der Waals surface area contributed by atoms with E-state index in [9.17, 15) is 14.4 Å². The average molecular weight is 298 g/mol. The highest BCUT2D eigenvalue weighted by Gasteiger charge is 2.22. The summed E-state index contributed by atoms with van der Waals surface area (Å²) >= 11 is 1.31. The Bertz CT molecular complexity index is 473. The monoisotopic (exact) mass is 298 g/mol. The molecule has 1 aromatic heterocycles. The van der Waals surface area contributed by atoms with E-state index in [-0.39, 0.29) is 24.9 Å². The van der Waals surface area contributed by atoms with Crippen LogP contribution in [0.2, 0.25) is 0 Å². The van der Waals surface area contributed by atoms with Crippen LogP contribution in [0.1, 0.15) is 23.5 Å². The molecule has 0 saturated carbocycles. The summed E-state index contributed by atoms with van der Waals surface area (Å²) in [6.07, 6.45) is 0. The highest BCUT2D eigenvalue weighted by Crippen LogP contribution is 2.13. The molecule has 2 N–H and O–H groups in total. The van der Waals surface area contributed by atoms with Crippen LogP contribution < -0.4 is 5.32 Å². The molecular weight excluding hydrogens is 280 g/mol. The standard InChI is InChI=1S/C13H18N2O4S/c1-9(13(18)19)8-15(6-5-14-10(2)16)12(17)11-4-3-7-20-11/h3-4,7,9H,5-6,8H2,1-2H3,(H,14,16)(H,18,19). The van der Waals surface area contributed by atoms with Crippen molar-refractivity contribution >= 4 is 29.1 Å². The fraction of sp³-hybridized carbons (Fsp3) is 0.462. The lowest BCUT2D eigenvalue weighted by atomic mass is 10.1. The van der Waals surface area contributed by atoms with Crippen molar-refractivity contribution in [2.45, 2.75) is 13.8 Å². The van der Waals surface area contributed by atoms with Gasteiger partial charge in [-0.3, -0.25) is 14.4 Å². The molecule has 7 heteroatoms. The predicted molar refractivity (Wildman–Crippen MR) is 75.7 cm³/mol. The van der Waals surface area contributed by atoms with Gasteiger partial charge in [-0.1, -0.05) is 13.0 Å². The zero-order valence-corrected chi connectivity index (χ0v) is 12.3. The van der Waals surface area contributed by atoms with E-state index in [0.717, 1.165) is 0 Å². The zero-order valence-electron chi connectivity index (χ0n) is 11.5. The lowest BCUT2D eigenvalue weighted by Gasteiger charge is -2.24. The van der Waals surface area contributed by atoms with E-state index in [1.165, 1.54) is 23.2 Å². The number of carbonyl (C=O) groups is 3. The summed E-state index contributed by atoms with van der Waals surface area (Å²) in [5, 5.41) is 13.3. The number of nitrogens with zero attached hydrogens (tertiary/aromatic N) is 1. The number of thiophene rings is 1. The Morgan fingerprint density at radius 1 is 1.45 bits per heavy atom. The van der Waals surface area contributed by atoms with Crippen molar-refractivity contribution in [3.63, 3.8) is 0 Å². The summed E-state index contributed by atoms with van der Waals surface area (Å²) in [6, 6.07) is 3.47. The molecule has 0 aromatic carbocycles. The van der Waals surface area contributed by atoms with E-state index < -0.39 is 11.9 Å². The maximum atomic E-state index is 12.3. The van der Waals surface area contributed by atoms with Crippen LogP contribution in [-0.2, 0) is 9.59 Å². The number of hydrogen-bond donors (Lipinski definition) is 2. The van der Waals surface area contributed by atoms with Gasteiger partial charge in [0.15, 0.2) is 0 Å². The molecule has 0 bridgehead atoms. The molecule has 1 heterocycles. The Labute approximate surface area is 121 Å². The lowest BCUT2D eigenvalue weighted by Crippen LogP contribution is -2.41. The van der Waals surface area contributed by atoms with Crippen molar-refractivity contribution in [1.82, 2.24) is 10.2 Å². The molecule has 110 valence electrons. The normalized spacial score (nSPS) is 11.7. The Morgan fingerprint density at radius 2 is 2.15 bits per heavy atom. The van der Waals surface area contributed by atoms with Crippen LogP contribution in [-0.4, -0.2) is 47.4 Å². The summed E-state index contributed by atoms with van der Waals surface area (Å²) in [5.41, 5.74) is 0. The third kappa shape index (κ3) is 5.00. The minimum absolute atomic E-state index is 0.117. The van der Waals surface area contributed by atoms with Crippen LogP contribution in [0.5, 0.6) is 0 Å². The van der Waals surface area contributed by atoms with Gasteiger partial charge in [0.1, 0.15) is 0 Å². The third-order valence-electron chi connectivity index (χ3n) is 2.69. The number of nitrogens with one attached hydrogen (secondary N) is 1. The van der Waals surface area contributed by atoms with Crippen molar-refractivity contribution < 1.29 is 19.5 Å². The highest BCUT2D eigenvalue weighted by atomic mass is 32.1. The first-order valence-electron chi connectivity index (χ1n) is 6.22. The second-order valence-electron chi connectivity index (χ2n) is 4.45. The van der Waals surface area contributed by atoms with Crippen LogP contribution >= 0.6 is 11.3 Å². The first-order valence-corrected chi connectivity index (χ1v) is 7.09. The second kappa shape index (κ2) is 7.64. The van der Waals surface area contributed by atoms with Gasteiger partial charge in [0, 0.05) is 26.6 Å². The molecule has 0 saturated heterocycles. The number of rotatable bonds is 7. The third-order valence-corrected chi connectivity index (χ3v) is 3.55.